The normalized spacial score (nSPS) is 20.8. The maximum absolute atomic E-state index is 15.0. The molecule has 0 saturated carbocycles. The number of benzene rings is 8. The molecule has 12 aromatic rings. The summed E-state index contributed by atoms with van der Waals surface area (Å²) in [6.07, 6.45) is 19.9. The number of aromatic nitrogens is 4. The van der Waals surface area contributed by atoms with E-state index in [4.69, 9.17) is 18.9 Å². The summed E-state index contributed by atoms with van der Waals surface area (Å²) in [5.41, 5.74) is 2.43. The molecule has 132 heavy (non-hydrogen) atoms. The summed E-state index contributed by atoms with van der Waals surface area (Å²) in [7, 11) is 0. The van der Waals surface area contributed by atoms with Gasteiger partial charge in [-0.2, -0.15) is 0 Å². The van der Waals surface area contributed by atoms with E-state index in [0.29, 0.717) is 22.3 Å². The van der Waals surface area contributed by atoms with Crippen molar-refractivity contribution < 1.29 is 76.1 Å². The Balaban J connectivity index is 0.000000123. The van der Waals surface area contributed by atoms with Gasteiger partial charge in [0, 0.05) is 95.5 Å². The van der Waals surface area contributed by atoms with E-state index in [2.05, 4.69) is 0 Å². The molecule has 0 spiro atoms. The number of nitrogens with zero attached hydrogens (tertiary/aromatic N) is 12. The number of pyridine rings is 4. The first kappa shape index (κ1) is 87.8. The summed E-state index contributed by atoms with van der Waals surface area (Å²) in [5.74, 6) is -5.89. The minimum Gasteiger partial charge on any atom is -0.502 e. The third kappa shape index (κ3) is 16.5. The molecular formula is C100H88F4N12O16. The van der Waals surface area contributed by atoms with E-state index in [1.807, 2.05) is 169 Å². The Morgan fingerprint density at radius 3 is 0.659 bits per heavy atom. The number of carbonyl (C=O) groups excluding carboxylic acids is 4. The van der Waals surface area contributed by atoms with Gasteiger partial charge >= 0.3 is 0 Å². The highest BCUT2D eigenvalue weighted by molar-refractivity contribution is 5.99. The second kappa shape index (κ2) is 37.2. The Bertz CT molecular complexity index is 6030. The molecule has 4 aromatic heterocycles. The van der Waals surface area contributed by atoms with Crippen LogP contribution in [0.15, 0.2) is 311 Å². The smallest absolute Gasteiger partial charge is 0.278 e. The lowest BCUT2D eigenvalue weighted by atomic mass is 9.96. The Morgan fingerprint density at radius 2 is 0.462 bits per heavy atom. The number of para-hydroxylation sites is 4. The number of fused-ring (bicyclic) bond motifs is 20. The largest absolute Gasteiger partial charge is 0.502 e. The Hall–Kier alpha value is -16.3. The van der Waals surface area contributed by atoms with Gasteiger partial charge in [-0.3, -0.25) is 77.1 Å². The van der Waals surface area contributed by atoms with Crippen molar-refractivity contribution in [3.8, 4) is 46.0 Å². The van der Waals surface area contributed by atoms with Gasteiger partial charge < -0.3 is 59.0 Å². The van der Waals surface area contributed by atoms with Crippen molar-refractivity contribution in [3.05, 3.63) is 423 Å². The molecule has 0 radical (unpaired) electrons. The van der Waals surface area contributed by atoms with Gasteiger partial charge in [0.1, 0.15) is 77.3 Å². The predicted molar refractivity (Wildman–Crippen MR) is 482 cm³/mol. The highest BCUT2D eigenvalue weighted by Crippen LogP contribution is 2.45. The van der Waals surface area contributed by atoms with Crippen molar-refractivity contribution in [2.24, 2.45) is 0 Å². The molecule has 8 atom stereocenters. The van der Waals surface area contributed by atoms with E-state index >= 15 is 0 Å². The number of ether oxygens (including phenoxy) is 4. The van der Waals surface area contributed by atoms with Gasteiger partial charge in [-0.15, -0.1) is 0 Å². The number of aromatic hydroxyl groups is 4. The average Bonchev–Trinajstić information content (AvgIpc) is 0.867. The van der Waals surface area contributed by atoms with E-state index in [1.165, 1.54) is 92.0 Å². The number of carbonyl (C=O) groups is 4. The zero-order chi connectivity index (χ0) is 92.4. The van der Waals surface area contributed by atoms with Crippen molar-refractivity contribution in [3.63, 3.8) is 0 Å². The van der Waals surface area contributed by atoms with E-state index in [9.17, 15) is 76.3 Å². The molecule has 28 nitrogen and oxygen atoms in total. The molecule has 4 N–H and O–H groups in total. The van der Waals surface area contributed by atoms with Gasteiger partial charge in [0.15, 0.2) is 92.0 Å². The highest BCUT2D eigenvalue weighted by atomic mass is 19.1. The second-order valence-electron chi connectivity index (χ2n) is 32.1. The van der Waals surface area contributed by atoms with Crippen LogP contribution in [-0.2, 0) is 0 Å². The maximum Gasteiger partial charge on any atom is 0.278 e. The topological polar surface area (TPSA) is 300 Å². The molecule has 12 heterocycles. The van der Waals surface area contributed by atoms with Crippen LogP contribution in [0.25, 0.3) is 0 Å². The van der Waals surface area contributed by atoms with Gasteiger partial charge in [-0.05, 0) is 98.5 Å². The lowest BCUT2D eigenvalue weighted by Crippen LogP contribution is -2.57. The van der Waals surface area contributed by atoms with Crippen LogP contribution in [-0.4, -0.2) is 160 Å². The summed E-state index contributed by atoms with van der Waals surface area (Å²) in [6.45, 7) is 8.38. The number of halogens is 4. The van der Waals surface area contributed by atoms with Gasteiger partial charge in [0.25, 0.3) is 23.6 Å². The molecule has 8 aliphatic heterocycles. The number of hydrogen-bond acceptors (Lipinski definition) is 20. The molecule has 0 aliphatic carbocycles. The fraction of sp³-hybridized carbons (Fsp3) is 0.200. The minimum absolute atomic E-state index is 0.112. The van der Waals surface area contributed by atoms with Crippen LogP contribution < -0.4 is 60.7 Å². The van der Waals surface area contributed by atoms with E-state index < -0.39 is 116 Å². The lowest BCUT2D eigenvalue weighted by molar-refractivity contribution is 0.0635. The first-order valence-corrected chi connectivity index (χ1v) is 42.5. The van der Waals surface area contributed by atoms with Crippen LogP contribution in [0.2, 0.25) is 0 Å². The van der Waals surface area contributed by atoms with E-state index in [-0.39, 0.29) is 123 Å². The molecule has 8 bridgehead atoms. The monoisotopic (exact) mass is 1790 g/mol. The Morgan fingerprint density at radius 1 is 0.265 bits per heavy atom. The molecule has 0 saturated heterocycles. The second-order valence-corrected chi connectivity index (χ2v) is 32.1. The third-order valence-corrected chi connectivity index (χ3v) is 24.1. The zero-order valence-electron chi connectivity index (χ0n) is 71.6. The third-order valence-electron chi connectivity index (χ3n) is 24.1. The first-order valence-electron chi connectivity index (χ1n) is 42.5. The molecule has 32 heteroatoms. The SMILES string of the molecule is C[C@@H]1/C=C/COc2c(F)cccc2[C@@H](c2ccccc2)N2CN1C(=O)c1c(O)c(=O)ccn12.C[C@@H]1/C=C/COc2c(F)cccc2[C@H](c2ccccc2)N2CN1C(=O)c1c(O)c(=O)ccn12.C[C@H]1/C=C/COc2c(F)cccc2[C@@H](c2ccccc2)N2CN1C(=O)c1c(O)c(=O)ccn12.C[C@H]1/C=C/COc2c(F)cccc2[C@H](c2ccccc2)N2CN1C(=O)c1c(O)c(=O)ccn12. The average molecular weight is 1790 g/mol. The van der Waals surface area contributed by atoms with Crippen molar-refractivity contribution in [2.75, 3.05) is 73.1 Å². The molecule has 672 valence electrons. The van der Waals surface area contributed by atoms with Crippen molar-refractivity contribution in [1.29, 1.82) is 0 Å². The first-order chi connectivity index (χ1) is 63.9. The van der Waals surface area contributed by atoms with Gasteiger partial charge in [0.2, 0.25) is 21.7 Å². The highest BCUT2D eigenvalue weighted by Gasteiger charge is 2.45. The zero-order valence-corrected chi connectivity index (χ0v) is 71.6. The summed E-state index contributed by atoms with van der Waals surface area (Å²) in [6, 6.07) is 57.8. The van der Waals surface area contributed by atoms with Crippen LogP contribution in [0.3, 0.4) is 0 Å². The predicted octanol–water partition coefficient (Wildman–Crippen LogP) is 12.7. The number of rotatable bonds is 4. The quantitative estimate of drug-likeness (QED) is 0.0940. The maximum atomic E-state index is 15.0. The van der Waals surface area contributed by atoms with Gasteiger partial charge in [-0.1, -0.05) is 194 Å². The summed E-state index contributed by atoms with van der Waals surface area (Å²) >= 11 is 0. The Labute approximate surface area is 752 Å². The van der Waals surface area contributed by atoms with Crippen LogP contribution in [0.4, 0.5) is 17.6 Å². The van der Waals surface area contributed by atoms with Crippen LogP contribution in [0.1, 0.15) is 138 Å². The molecule has 0 unspecified atom stereocenters. The van der Waals surface area contributed by atoms with Crippen molar-refractivity contribution in [2.45, 2.75) is 76.0 Å². The number of hydrogen-bond donors (Lipinski definition) is 4. The minimum atomic E-state index is -0.644. The molecule has 8 aliphatic rings. The van der Waals surface area contributed by atoms with Crippen molar-refractivity contribution in [1.82, 2.24) is 38.3 Å². The summed E-state index contributed by atoms with van der Waals surface area (Å²) in [5, 5.41) is 49.6. The van der Waals surface area contributed by atoms with Crippen LogP contribution in [0.5, 0.6) is 46.0 Å². The molecule has 4 amide bonds. The molecule has 20 rings (SSSR count). The molecular weight excluding hydrogens is 1700 g/mol. The van der Waals surface area contributed by atoms with Crippen LogP contribution >= 0.6 is 0 Å². The fourth-order valence-electron chi connectivity index (χ4n) is 17.6. The summed E-state index contributed by atoms with van der Waals surface area (Å²) in [4.78, 5) is 109. The molecule has 8 aromatic carbocycles. The Kier molecular flexibility index (Phi) is 24.7. The van der Waals surface area contributed by atoms with E-state index in [1.54, 1.807) is 117 Å². The fourth-order valence-corrected chi connectivity index (χ4v) is 17.6. The number of amides is 4. The van der Waals surface area contributed by atoms with Gasteiger partial charge in [0.05, 0.1) is 0 Å². The molecule has 0 fully saturated rings. The van der Waals surface area contributed by atoms with Crippen molar-refractivity contribution >= 4 is 23.6 Å². The lowest BCUT2D eigenvalue weighted by Gasteiger charge is -2.45. The van der Waals surface area contributed by atoms with E-state index in [0.717, 1.165) is 22.3 Å². The van der Waals surface area contributed by atoms with Crippen LogP contribution in [0, 0.1) is 23.3 Å². The summed E-state index contributed by atoms with van der Waals surface area (Å²) < 4.78 is 89.2. The standard InChI is InChI=1S/4C25H22FN3O4/c4*1-16-7-6-14-33-24-18(10-5-11-19(24)26)21(17-8-3-2-4-9-17)29-15-27(16)25(32)22-23(31)20(30)12-13-28(22)29/h4*2-13,16,21,31H,14-15H2,1H3/b4*7-6+/t2*16-,21+;2*16-,21-/m1010/s1. The van der Waals surface area contributed by atoms with Gasteiger partial charge in [-0.25, -0.2) is 17.6 Å².